The number of methoxy groups -OCH3 is 2. The number of nitrogens with two attached hydrogens (primary N) is 1. The smallest absolute Gasteiger partial charge is 0.340 e. The largest absolute Gasteiger partial charge is 0.504 e. The van der Waals surface area contributed by atoms with Crippen molar-refractivity contribution in [2.45, 2.75) is 13.0 Å². The van der Waals surface area contributed by atoms with Gasteiger partial charge in [0.15, 0.2) is 11.5 Å². The zero-order valence-corrected chi connectivity index (χ0v) is 18.1. The number of carbonyl (C=O) groups excluding carboxylic acids is 2. The first-order chi connectivity index (χ1) is 14.8. The number of phenolic OH excluding ortho intramolecular Hbond substituents is 1. The van der Waals surface area contributed by atoms with E-state index in [1.54, 1.807) is 0 Å². The average Bonchev–Trinajstić information content (AvgIpc) is 3.08. The van der Waals surface area contributed by atoms with Crippen molar-refractivity contribution in [1.29, 1.82) is 0 Å². The number of thiophene rings is 1. The highest BCUT2D eigenvalue weighted by Crippen LogP contribution is 2.37. The fraction of sp³-hybridized carbons (Fsp3) is 0.286. The molecule has 1 aromatic carbocycles. The summed E-state index contributed by atoms with van der Waals surface area (Å²) in [4.78, 5) is 33.1. The van der Waals surface area contributed by atoms with Gasteiger partial charge in [0.05, 0.1) is 31.2 Å². The number of likely N-dealkylation sites (N-methyl/N-ethyl adjacent to an activating group) is 1. The zero-order chi connectivity index (χ0) is 22.3. The molecule has 0 spiro atoms. The van der Waals surface area contributed by atoms with Crippen LogP contribution in [0.2, 0.25) is 0 Å². The molecule has 0 fully saturated rings. The summed E-state index contributed by atoms with van der Waals surface area (Å²) in [5.74, 6) is -1.35. The molecule has 0 atom stereocenters. The van der Waals surface area contributed by atoms with Gasteiger partial charge in [-0.2, -0.15) is 0 Å². The number of aromatic nitrogens is 1. The van der Waals surface area contributed by atoms with Crippen molar-refractivity contribution in [1.82, 2.24) is 9.88 Å². The standard InChI is InChI=1S/C21H22N4O5S/c1-25-5-4-13-10(9-25)6-12-17(22)18(31-20(12)24-13)19(27)23-14-8-16(29-2)15(26)7-11(14)21(28)30-3/h6-8,26H,4-5,9,22H2,1-3H3,(H,23,27). The molecular formula is C21H22N4O5S. The van der Waals surface area contributed by atoms with Gasteiger partial charge in [-0.1, -0.05) is 0 Å². The van der Waals surface area contributed by atoms with Crippen LogP contribution in [0.1, 0.15) is 31.3 Å². The molecule has 31 heavy (non-hydrogen) atoms. The van der Waals surface area contributed by atoms with Gasteiger partial charge >= 0.3 is 5.97 Å². The van der Waals surface area contributed by atoms with E-state index in [1.165, 1.54) is 37.7 Å². The van der Waals surface area contributed by atoms with Gasteiger partial charge < -0.3 is 30.5 Å². The van der Waals surface area contributed by atoms with Gasteiger partial charge in [0.2, 0.25) is 0 Å². The third-order valence-corrected chi connectivity index (χ3v) is 6.35. The van der Waals surface area contributed by atoms with Crippen molar-refractivity contribution < 1.29 is 24.2 Å². The lowest BCUT2D eigenvalue weighted by atomic mass is 10.0. The minimum atomic E-state index is -0.712. The number of nitrogen functional groups attached to an aromatic ring is 1. The first-order valence-corrected chi connectivity index (χ1v) is 10.3. The number of aromatic hydroxyl groups is 1. The fourth-order valence-electron chi connectivity index (χ4n) is 3.60. The lowest BCUT2D eigenvalue weighted by Gasteiger charge is -2.24. The highest BCUT2D eigenvalue weighted by atomic mass is 32.1. The molecule has 9 nitrogen and oxygen atoms in total. The number of amides is 1. The van der Waals surface area contributed by atoms with E-state index in [4.69, 9.17) is 20.2 Å². The van der Waals surface area contributed by atoms with Crippen LogP contribution in [-0.4, -0.2) is 54.7 Å². The van der Waals surface area contributed by atoms with Crippen LogP contribution in [0.5, 0.6) is 11.5 Å². The van der Waals surface area contributed by atoms with E-state index in [-0.39, 0.29) is 22.7 Å². The van der Waals surface area contributed by atoms with E-state index in [2.05, 4.69) is 10.2 Å². The number of carbonyl (C=O) groups is 2. The third-order valence-electron chi connectivity index (χ3n) is 5.24. The van der Waals surface area contributed by atoms with E-state index in [1.807, 2.05) is 13.1 Å². The molecule has 3 aromatic rings. The van der Waals surface area contributed by atoms with Crippen LogP contribution in [0.4, 0.5) is 11.4 Å². The maximum Gasteiger partial charge on any atom is 0.340 e. The number of fused-ring (bicyclic) bond motifs is 2. The van der Waals surface area contributed by atoms with Crippen LogP contribution in [0.3, 0.4) is 0 Å². The number of rotatable bonds is 4. The Morgan fingerprint density at radius 1 is 1.29 bits per heavy atom. The number of nitrogens with one attached hydrogen (secondary N) is 1. The quantitative estimate of drug-likeness (QED) is 0.416. The van der Waals surface area contributed by atoms with Gasteiger partial charge in [-0.05, 0) is 18.7 Å². The summed E-state index contributed by atoms with van der Waals surface area (Å²) in [5.41, 5.74) is 8.90. The lowest BCUT2D eigenvalue weighted by molar-refractivity contribution is 0.0601. The Balaban J connectivity index is 1.72. The SMILES string of the molecule is COC(=O)c1cc(O)c(OC)cc1NC(=O)c1sc2nc3c(cc2c1N)CN(C)CC3. The van der Waals surface area contributed by atoms with Crippen LogP contribution in [-0.2, 0) is 17.7 Å². The predicted molar refractivity (Wildman–Crippen MR) is 118 cm³/mol. The molecule has 2 aromatic heterocycles. The van der Waals surface area contributed by atoms with Crippen molar-refractivity contribution in [2.24, 2.45) is 0 Å². The van der Waals surface area contributed by atoms with Gasteiger partial charge in [0.25, 0.3) is 5.91 Å². The Morgan fingerprint density at radius 2 is 2.06 bits per heavy atom. The molecule has 3 heterocycles. The molecule has 0 unspecified atom stereocenters. The van der Waals surface area contributed by atoms with Gasteiger partial charge in [0, 0.05) is 42.7 Å². The topological polar surface area (TPSA) is 127 Å². The zero-order valence-electron chi connectivity index (χ0n) is 17.3. The Bertz CT molecular complexity index is 1210. The molecule has 4 rings (SSSR count). The molecule has 1 amide bonds. The monoisotopic (exact) mass is 442 g/mol. The Morgan fingerprint density at radius 3 is 2.77 bits per heavy atom. The van der Waals surface area contributed by atoms with Crippen LogP contribution in [0.15, 0.2) is 18.2 Å². The predicted octanol–water partition coefficient (Wildman–Crippen LogP) is 2.62. The van der Waals surface area contributed by atoms with Gasteiger partial charge in [0.1, 0.15) is 9.71 Å². The molecule has 0 saturated carbocycles. The normalized spacial score (nSPS) is 13.6. The summed E-state index contributed by atoms with van der Waals surface area (Å²) in [6.45, 7) is 1.71. The number of nitrogens with zero attached hydrogens (tertiary/aromatic N) is 2. The van der Waals surface area contributed by atoms with E-state index >= 15 is 0 Å². The second-order valence-electron chi connectivity index (χ2n) is 7.29. The first kappa shape index (κ1) is 20.9. The van der Waals surface area contributed by atoms with Gasteiger partial charge in [-0.25, -0.2) is 9.78 Å². The number of phenols is 1. The molecule has 0 saturated heterocycles. The summed E-state index contributed by atoms with van der Waals surface area (Å²) in [6, 6.07) is 4.54. The number of anilines is 2. The fourth-order valence-corrected chi connectivity index (χ4v) is 4.59. The maximum absolute atomic E-state index is 13.1. The number of pyridine rings is 1. The van der Waals surface area contributed by atoms with E-state index in [9.17, 15) is 14.7 Å². The average molecular weight is 442 g/mol. The van der Waals surface area contributed by atoms with E-state index in [0.29, 0.717) is 15.4 Å². The van der Waals surface area contributed by atoms with Crippen molar-refractivity contribution in [2.75, 3.05) is 38.9 Å². The molecule has 1 aliphatic rings. The van der Waals surface area contributed by atoms with Crippen LogP contribution in [0.25, 0.3) is 10.2 Å². The van der Waals surface area contributed by atoms with Crippen molar-refractivity contribution in [3.8, 4) is 11.5 Å². The molecular weight excluding hydrogens is 420 g/mol. The number of hydrogen-bond acceptors (Lipinski definition) is 9. The number of esters is 1. The maximum atomic E-state index is 13.1. The van der Waals surface area contributed by atoms with Crippen LogP contribution < -0.4 is 15.8 Å². The summed E-state index contributed by atoms with van der Waals surface area (Å²) in [6.07, 6.45) is 0.844. The summed E-state index contributed by atoms with van der Waals surface area (Å²) in [5, 5.41) is 13.4. The third kappa shape index (κ3) is 3.75. The lowest BCUT2D eigenvalue weighted by Crippen LogP contribution is -2.27. The molecule has 0 bridgehead atoms. The molecule has 0 aliphatic carbocycles. The first-order valence-electron chi connectivity index (χ1n) is 9.52. The van der Waals surface area contributed by atoms with E-state index in [0.717, 1.165) is 36.2 Å². The van der Waals surface area contributed by atoms with Crippen molar-refractivity contribution in [3.05, 3.63) is 39.9 Å². The minimum Gasteiger partial charge on any atom is -0.504 e. The molecule has 0 radical (unpaired) electrons. The van der Waals surface area contributed by atoms with Crippen LogP contribution in [0, 0.1) is 0 Å². The van der Waals surface area contributed by atoms with Crippen molar-refractivity contribution >= 4 is 44.8 Å². The molecule has 162 valence electrons. The van der Waals surface area contributed by atoms with E-state index < -0.39 is 11.9 Å². The second kappa shape index (κ2) is 8.05. The number of ether oxygens (including phenoxy) is 2. The molecule has 4 N–H and O–H groups in total. The number of hydrogen-bond donors (Lipinski definition) is 3. The Labute approximate surface area is 182 Å². The second-order valence-corrected chi connectivity index (χ2v) is 8.29. The molecule has 10 heteroatoms. The molecule has 1 aliphatic heterocycles. The van der Waals surface area contributed by atoms with Gasteiger partial charge in [-0.3, -0.25) is 4.79 Å². The minimum absolute atomic E-state index is 0.00883. The summed E-state index contributed by atoms with van der Waals surface area (Å²) in [7, 11) is 4.63. The Hall–Kier alpha value is -3.37. The van der Waals surface area contributed by atoms with Crippen molar-refractivity contribution in [3.63, 3.8) is 0 Å². The summed E-state index contributed by atoms with van der Waals surface area (Å²) >= 11 is 1.20. The van der Waals surface area contributed by atoms with Crippen LogP contribution >= 0.6 is 11.3 Å². The Kier molecular flexibility index (Phi) is 5.42. The highest BCUT2D eigenvalue weighted by molar-refractivity contribution is 7.21. The highest BCUT2D eigenvalue weighted by Gasteiger charge is 2.24. The summed E-state index contributed by atoms with van der Waals surface area (Å²) < 4.78 is 9.84. The van der Waals surface area contributed by atoms with Gasteiger partial charge in [-0.15, -0.1) is 11.3 Å². The number of benzene rings is 1.